The van der Waals surface area contributed by atoms with Crippen molar-refractivity contribution in [3.63, 3.8) is 0 Å². The quantitative estimate of drug-likeness (QED) is 0.147. The number of phenols is 2. The monoisotopic (exact) mass is 1330 g/mol. The smallest absolute Gasteiger partial charge is 0.174 e. The number of rotatable bonds is 2. The van der Waals surface area contributed by atoms with Gasteiger partial charge in [0.05, 0.1) is 36.3 Å². The maximum atomic E-state index is 12.7. The highest BCUT2D eigenvalue weighted by Crippen LogP contribution is 2.69. The normalized spacial score (nSPS) is 36.9. The van der Waals surface area contributed by atoms with Crippen molar-refractivity contribution in [1.29, 1.82) is 0 Å². The Bertz CT molecular complexity index is 3760. The minimum absolute atomic E-state index is 0. The first kappa shape index (κ1) is 74.0. The number of carbonyl (C=O) groups is 4. The molecule has 8 fully saturated rings. The molecule has 528 valence electrons. The number of ether oxygens (including phenoxy) is 6. The fourth-order valence-corrected chi connectivity index (χ4v) is 22.4. The summed E-state index contributed by atoms with van der Waals surface area (Å²) in [5, 5.41) is 43.8. The first-order valence-electron chi connectivity index (χ1n) is 32.5. The fourth-order valence-electron chi connectivity index (χ4n) is 22.4. The molecule has 4 aromatic carbocycles. The molecule has 96 heavy (non-hydrogen) atoms. The molecule has 0 radical (unpaired) electrons. The number of aromatic hydroxyl groups is 2. The van der Waals surface area contributed by atoms with Gasteiger partial charge in [-0.1, -0.05) is 83.7 Å². The van der Waals surface area contributed by atoms with E-state index in [1.807, 2.05) is 31.3 Å². The van der Waals surface area contributed by atoms with Gasteiger partial charge >= 0.3 is 0 Å². The summed E-state index contributed by atoms with van der Waals surface area (Å²) in [6.07, 6.45) is 10.2. The lowest BCUT2D eigenvalue weighted by atomic mass is 9.49. The van der Waals surface area contributed by atoms with Crippen molar-refractivity contribution in [2.24, 2.45) is 11.8 Å². The van der Waals surface area contributed by atoms with Crippen LogP contribution in [0.5, 0.6) is 46.0 Å². The number of methoxy groups -OCH3 is 2. The van der Waals surface area contributed by atoms with E-state index >= 15 is 0 Å². The van der Waals surface area contributed by atoms with Crippen LogP contribution in [0.2, 0.25) is 0 Å². The molecule has 18 nitrogen and oxygen atoms in total. The summed E-state index contributed by atoms with van der Waals surface area (Å²) < 4.78 is 35.4. The standard InChI is InChI=1S/C18H21NO4.C18H21NO3.C17H19NO4.C17H19NO3.8CH4/c1-19-8-7-17-14-10-3-4-12(22-2)15(14)23-16(17)11(20)5-6-18(17,21)13(19)9-10;1-19-8-7-18-11-4-5-13(20)17(18)22-16-14(21-2)6-3-10(15(16)18)9-12(11)19;1-18-7-6-16-13-9-2-3-10(19)14(13)22-15(16)11(20)4-5-17(16,21)12(18)8-9;1-18-7-6-17-10-3-5-13(20)16(17)21-15-12(19)4-2-9(14(15)17)8-11(10)18;;;;;;;;/h3-4,13,16,21H,5-9H2,1-2H3;3,6,11-12,17H,4-5,7-9H2,1-2H3;2-3,12,15,19,21H,4-8H2,1H3;2,4,10-11,16,19H,3,5-8H2,1H3;8*1H4/t13?,16-,17-,18+;11-,12?,17-,18-;12?,15-,16-,17+;10-,11?,16-,17-;;;;;;;;/m0000......../s1. The molecule has 4 saturated heterocycles. The highest BCUT2D eigenvalue weighted by Gasteiger charge is 2.75. The first-order chi connectivity index (χ1) is 42.3. The van der Waals surface area contributed by atoms with Gasteiger partial charge in [-0.15, -0.1) is 0 Å². The predicted octanol–water partition coefficient (Wildman–Crippen LogP) is 10.4. The highest BCUT2D eigenvalue weighted by molar-refractivity contribution is 5.92. The largest absolute Gasteiger partial charge is 0.504 e. The Labute approximate surface area is 571 Å². The zero-order valence-electron chi connectivity index (χ0n) is 51.2. The maximum absolute atomic E-state index is 12.7. The Hall–Kier alpha value is -6.28. The van der Waals surface area contributed by atoms with Crippen molar-refractivity contribution in [1.82, 2.24) is 19.6 Å². The Balaban J connectivity index is 0.000000146. The number of aliphatic hydroxyl groups is 2. The Morgan fingerprint density at radius 2 is 0.740 bits per heavy atom. The van der Waals surface area contributed by atoms with Crippen LogP contribution in [0, 0.1) is 11.8 Å². The van der Waals surface area contributed by atoms with Gasteiger partial charge in [0, 0.05) is 82.9 Å². The average molecular weight is 1330 g/mol. The molecule has 0 aromatic heterocycles. The summed E-state index contributed by atoms with van der Waals surface area (Å²) in [4.78, 5) is 59.7. The molecular weight excluding hydrogens is 1220 g/mol. The molecule has 4 unspecified atom stereocenters. The molecule has 16 aliphatic rings. The van der Waals surface area contributed by atoms with Gasteiger partial charge in [0.2, 0.25) is 0 Å². The molecule has 8 aliphatic carbocycles. The van der Waals surface area contributed by atoms with E-state index in [9.17, 15) is 39.6 Å². The maximum Gasteiger partial charge on any atom is 0.174 e. The molecule has 8 aliphatic heterocycles. The second kappa shape index (κ2) is 24.9. The number of benzene rings is 4. The summed E-state index contributed by atoms with van der Waals surface area (Å²) in [7, 11) is 11.9. The second-order valence-corrected chi connectivity index (χ2v) is 29.1. The SMILES string of the molecule is C.C.C.C.C.C.C.C.CN1CC[C@]23c4c5ccc(O)c4O[C@H]2C(=O)CC[C@@]3(O)C1C5.CN1CC[C@]23c4c5ccc(O)c4O[C@H]2C(=O)CC[C@H]3C1C5.COc1ccc2c3c1O[C@H]1C(=O)CC[C@@]4(O)C(C2)N(C)CC[C@]314.COc1ccc2c3c1O[C@H]1C(=O)CC[C@H]4C(C2)N(C)CC[C@]314. The molecule has 0 amide bonds. The summed E-state index contributed by atoms with van der Waals surface area (Å²) >= 11 is 0. The third kappa shape index (κ3) is 8.80. The van der Waals surface area contributed by atoms with Gasteiger partial charge in [0.1, 0.15) is 0 Å². The number of piperidine rings is 4. The van der Waals surface area contributed by atoms with Crippen LogP contribution in [0.25, 0.3) is 0 Å². The Kier molecular flexibility index (Phi) is 19.1. The lowest BCUT2D eigenvalue weighted by Gasteiger charge is -2.62. The van der Waals surface area contributed by atoms with E-state index in [1.54, 1.807) is 26.4 Å². The fraction of sp³-hybridized carbons (Fsp3) is 0.641. The summed E-state index contributed by atoms with van der Waals surface area (Å²) in [6.45, 7) is 3.75. The van der Waals surface area contributed by atoms with Gasteiger partial charge in [-0.25, -0.2) is 0 Å². The molecule has 4 aromatic rings. The van der Waals surface area contributed by atoms with Crippen molar-refractivity contribution >= 4 is 23.1 Å². The van der Waals surface area contributed by atoms with Gasteiger partial charge < -0.3 is 68.4 Å². The third-order valence-corrected chi connectivity index (χ3v) is 26.2. The minimum Gasteiger partial charge on any atom is -0.504 e. The lowest BCUT2D eigenvalue weighted by molar-refractivity contribution is -0.185. The van der Waals surface area contributed by atoms with Crippen molar-refractivity contribution in [2.75, 3.05) is 68.6 Å². The van der Waals surface area contributed by atoms with E-state index in [2.05, 4.69) is 52.9 Å². The molecule has 18 heteroatoms. The number of Topliss-reactive ketones (excluding diaryl/α,β-unsaturated/α-hetero) is 4. The zero-order valence-corrected chi connectivity index (χ0v) is 51.2. The number of hydrogen-bond acceptors (Lipinski definition) is 18. The molecular formula is C78H112N4O14. The van der Waals surface area contributed by atoms with Crippen LogP contribution >= 0.6 is 0 Å². The average Bonchev–Trinajstić information content (AvgIpc) is 1.41. The number of ketones is 4. The number of hydrogen-bond donors (Lipinski definition) is 4. The van der Waals surface area contributed by atoms with Crippen LogP contribution in [0.4, 0.5) is 0 Å². The van der Waals surface area contributed by atoms with Crippen molar-refractivity contribution in [3.8, 4) is 46.0 Å². The van der Waals surface area contributed by atoms with Crippen LogP contribution in [0.1, 0.15) is 181 Å². The number of nitrogens with zero attached hydrogens (tertiary/aromatic N) is 4. The Morgan fingerprint density at radius 1 is 0.406 bits per heavy atom. The predicted molar refractivity (Wildman–Crippen MR) is 373 cm³/mol. The van der Waals surface area contributed by atoms with Crippen LogP contribution < -0.4 is 28.4 Å². The van der Waals surface area contributed by atoms with Gasteiger partial charge in [0.15, 0.2) is 93.5 Å². The molecule has 20 rings (SSSR count). The number of phenolic OH excluding ortho intramolecular Hbond substituents is 2. The van der Waals surface area contributed by atoms with Gasteiger partial charge in [0.25, 0.3) is 0 Å². The molecule has 4 N–H and O–H groups in total. The van der Waals surface area contributed by atoms with E-state index in [1.165, 1.54) is 22.3 Å². The topological polar surface area (TPSA) is 218 Å². The van der Waals surface area contributed by atoms with E-state index in [0.29, 0.717) is 91.9 Å². The second-order valence-electron chi connectivity index (χ2n) is 29.1. The van der Waals surface area contributed by atoms with Gasteiger partial charge in [-0.05, 0) is 190 Å². The van der Waals surface area contributed by atoms with E-state index in [-0.39, 0.29) is 129 Å². The van der Waals surface area contributed by atoms with E-state index in [4.69, 9.17) is 28.4 Å². The number of likely N-dealkylation sites (N-methyl/N-ethyl adjacent to an activating group) is 4. The van der Waals surface area contributed by atoms with Crippen LogP contribution in [0.15, 0.2) is 48.5 Å². The zero-order chi connectivity index (χ0) is 60.7. The summed E-state index contributed by atoms with van der Waals surface area (Å²) in [5.41, 5.74) is 5.94. The summed E-state index contributed by atoms with van der Waals surface area (Å²) in [6, 6.07) is 16.6. The van der Waals surface area contributed by atoms with Crippen LogP contribution in [-0.2, 0) is 66.5 Å². The van der Waals surface area contributed by atoms with Gasteiger partial charge in [-0.2, -0.15) is 0 Å². The highest BCUT2D eigenvalue weighted by atomic mass is 16.5. The van der Waals surface area contributed by atoms with Gasteiger partial charge in [-0.3, -0.25) is 19.2 Å². The van der Waals surface area contributed by atoms with Crippen LogP contribution in [-0.4, -0.2) is 192 Å². The number of likely N-dealkylation sites (tertiary alicyclic amines) is 4. The van der Waals surface area contributed by atoms with Crippen molar-refractivity contribution in [2.45, 2.75) is 244 Å². The lowest BCUT2D eigenvalue weighted by Crippen LogP contribution is -2.76. The van der Waals surface area contributed by atoms with E-state index in [0.717, 1.165) is 118 Å². The molecule has 8 heterocycles. The third-order valence-electron chi connectivity index (χ3n) is 26.2. The number of carbonyl (C=O) groups excluding carboxylic acids is 4. The molecule has 16 atom stereocenters. The first-order valence-corrected chi connectivity index (χ1v) is 32.5. The molecule has 4 saturated carbocycles. The van der Waals surface area contributed by atoms with Crippen LogP contribution in [0.3, 0.4) is 0 Å². The summed E-state index contributed by atoms with van der Waals surface area (Å²) in [5.74, 6) is 5.98. The minimum atomic E-state index is -0.954. The Morgan fingerprint density at radius 3 is 1.18 bits per heavy atom. The molecule has 8 bridgehead atoms. The van der Waals surface area contributed by atoms with Crippen molar-refractivity contribution < 1.29 is 68.0 Å². The van der Waals surface area contributed by atoms with E-state index < -0.39 is 34.2 Å². The van der Waals surface area contributed by atoms with Crippen molar-refractivity contribution in [3.05, 3.63) is 93.0 Å². The molecule has 4 spiro atoms.